The highest BCUT2D eigenvalue weighted by Crippen LogP contribution is 2.20. The molecule has 0 aromatic heterocycles. The van der Waals surface area contributed by atoms with E-state index in [0.717, 1.165) is 41.7 Å². The van der Waals surface area contributed by atoms with E-state index in [0.29, 0.717) is 0 Å². The van der Waals surface area contributed by atoms with Crippen LogP contribution < -0.4 is 0 Å². The number of aliphatic imine (C=N–C) groups is 2. The zero-order valence-corrected chi connectivity index (χ0v) is 20.0. The molecule has 32 heavy (non-hydrogen) atoms. The Balaban J connectivity index is 2.68. The van der Waals surface area contributed by atoms with E-state index in [1.165, 1.54) is 0 Å². The second kappa shape index (κ2) is 14.8. The van der Waals surface area contributed by atoms with Crippen molar-refractivity contribution in [3.63, 3.8) is 0 Å². The second-order valence-electron chi connectivity index (χ2n) is 7.94. The Morgan fingerprint density at radius 2 is 1.88 bits per heavy atom. The van der Waals surface area contributed by atoms with Crippen LogP contribution in [0.2, 0.25) is 0 Å². The average molecular weight is 432 g/mol. The van der Waals surface area contributed by atoms with Crippen molar-refractivity contribution in [1.82, 2.24) is 0 Å². The van der Waals surface area contributed by atoms with Gasteiger partial charge in [0.05, 0.1) is 0 Å². The van der Waals surface area contributed by atoms with Crippen LogP contribution in [0.4, 0.5) is 0 Å². The lowest BCUT2D eigenvalue weighted by molar-refractivity contribution is -0.112. The molecule has 0 aliphatic rings. The van der Waals surface area contributed by atoms with Gasteiger partial charge in [-0.25, -0.2) is 4.99 Å². The number of allylic oxidation sites excluding steroid dienone is 5. The van der Waals surface area contributed by atoms with Crippen molar-refractivity contribution in [2.24, 2.45) is 15.9 Å². The van der Waals surface area contributed by atoms with E-state index in [9.17, 15) is 4.79 Å². The maximum atomic E-state index is 12.4. The number of carbonyl (C=O) groups is 1. The van der Waals surface area contributed by atoms with Crippen LogP contribution in [0.1, 0.15) is 64.9 Å². The number of ketones is 1. The quantitative estimate of drug-likeness (QED) is 0.199. The molecular weight excluding hydrogens is 394 g/mol. The van der Waals surface area contributed by atoms with Crippen molar-refractivity contribution >= 4 is 23.5 Å². The average Bonchev–Trinajstić information content (AvgIpc) is 2.78. The van der Waals surface area contributed by atoms with Crippen LogP contribution in [-0.4, -0.2) is 23.5 Å². The number of nitrogens with zero attached hydrogens (tertiary/aromatic N) is 2. The molecule has 4 heteroatoms. The van der Waals surface area contributed by atoms with E-state index in [1.807, 2.05) is 69.3 Å². The fourth-order valence-electron chi connectivity index (χ4n) is 3.15. The predicted molar refractivity (Wildman–Crippen MR) is 139 cm³/mol. The molecule has 0 saturated carbocycles. The summed E-state index contributed by atoms with van der Waals surface area (Å²) in [6, 6.07) is 10.0. The lowest BCUT2D eigenvalue weighted by Crippen LogP contribution is -2.11. The highest BCUT2D eigenvalue weighted by Gasteiger charge is 2.11. The minimum absolute atomic E-state index is 0.0967. The molecule has 0 amide bonds. The maximum absolute atomic E-state index is 12.4. The summed E-state index contributed by atoms with van der Waals surface area (Å²) in [5, 5.41) is 8.01. The number of benzene rings is 1. The summed E-state index contributed by atoms with van der Waals surface area (Å²) in [7, 11) is 0. The molecule has 0 aliphatic carbocycles. The third kappa shape index (κ3) is 9.78. The van der Waals surface area contributed by atoms with Crippen molar-refractivity contribution in [2.75, 3.05) is 0 Å². The standard InChI is InChI=1S/C28H37N3O/c1-7-19-30-26(22(5)6)18-17-24(21(3)4)15-12-16-27(32)28(29)31-20-23(8-2)25-13-10-9-11-14-25/h7,9-15,19-20,23-24,29H,3,5,8,16-18H2,1-2,4,6H3/b15-12+,19-7-,29-28?,30-26-,31-20+/t23-,24+/m1/s1. The first-order valence-corrected chi connectivity index (χ1v) is 11.2. The van der Waals surface area contributed by atoms with Crippen LogP contribution in [-0.2, 0) is 4.79 Å². The fraction of sp³-hybridized carbons (Fsp3) is 0.357. The zero-order valence-electron chi connectivity index (χ0n) is 20.0. The fourth-order valence-corrected chi connectivity index (χ4v) is 3.15. The van der Waals surface area contributed by atoms with Gasteiger partial charge in [-0.2, -0.15) is 0 Å². The van der Waals surface area contributed by atoms with Gasteiger partial charge in [0.2, 0.25) is 5.78 Å². The highest BCUT2D eigenvalue weighted by molar-refractivity contribution is 6.39. The number of carbonyl (C=O) groups excluding carboxylic acids is 1. The van der Waals surface area contributed by atoms with E-state index in [2.05, 4.69) is 30.1 Å². The Morgan fingerprint density at radius 3 is 2.44 bits per heavy atom. The maximum Gasteiger partial charge on any atom is 0.203 e. The van der Waals surface area contributed by atoms with Crippen LogP contribution >= 0.6 is 0 Å². The van der Waals surface area contributed by atoms with Crippen molar-refractivity contribution in [3.8, 4) is 0 Å². The van der Waals surface area contributed by atoms with Crippen LogP contribution in [0.3, 0.4) is 0 Å². The van der Waals surface area contributed by atoms with Gasteiger partial charge in [-0.1, -0.05) is 74.2 Å². The van der Waals surface area contributed by atoms with Gasteiger partial charge in [0.25, 0.3) is 0 Å². The molecule has 0 fully saturated rings. The minimum Gasteiger partial charge on any atom is -0.290 e. The van der Waals surface area contributed by atoms with Gasteiger partial charge in [-0.15, -0.1) is 0 Å². The van der Waals surface area contributed by atoms with Crippen molar-refractivity contribution in [1.29, 1.82) is 5.41 Å². The van der Waals surface area contributed by atoms with Crippen LogP contribution in [0.5, 0.6) is 0 Å². The predicted octanol–water partition coefficient (Wildman–Crippen LogP) is 7.27. The largest absolute Gasteiger partial charge is 0.290 e. The van der Waals surface area contributed by atoms with Gasteiger partial charge in [0.15, 0.2) is 5.84 Å². The summed E-state index contributed by atoms with van der Waals surface area (Å²) in [6.07, 6.45) is 11.8. The molecule has 0 bridgehead atoms. The molecule has 2 atom stereocenters. The van der Waals surface area contributed by atoms with Gasteiger partial charge >= 0.3 is 0 Å². The topological polar surface area (TPSA) is 65.6 Å². The lowest BCUT2D eigenvalue weighted by atomic mass is 9.93. The van der Waals surface area contributed by atoms with Crippen LogP contribution in [0.25, 0.3) is 0 Å². The highest BCUT2D eigenvalue weighted by atomic mass is 16.1. The molecule has 0 radical (unpaired) electrons. The first kappa shape index (κ1) is 26.9. The molecule has 170 valence electrons. The molecule has 1 N–H and O–H groups in total. The molecule has 0 saturated heterocycles. The molecule has 1 rings (SSSR count). The van der Waals surface area contributed by atoms with E-state index in [1.54, 1.807) is 12.4 Å². The molecule has 1 aromatic carbocycles. The number of rotatable bonds is 13. The summed E-state index contributed by atoms with van der Waals surface area (Å²) >= 11 is 0. The van der Waals surface area contributed by atoms with E-state index >= 15 is 0 Å². The summed E-state index contributed by atoms with van der Waals surface area (Å²) in [4.78, 5) is 20.9. The molecule has 0 spiro atoms. The number of Topliss-reactive ketones (excluding diaryl/α,β-unsaturated/α-hetero) is 1. The summed E-state index contributed by atoms with van der Waals surface area (Å²) in [5.74, 6) is -0.269. The Labute approximate surface area is 193 Å². The molecule has 1 aromatic rings. The Hall–Kier alpha value is -3.14. The molecule has 0 aliphatic heterocycles. The third-order valence-corrected chi connectivity index (χ3v) is 5.18. The van der Waals surface area contributed by atoms with Crippen molar-refractivity contribution in [2.45, 2.75) is 59.3 Å². The van der Waals surface area contributed by atoms with Gasteiger partial charge in [-0.05, 0) is 57.1 Å². The normalized spacial score (nSPS) is 14.2. The first-order chi connectivity index (χ1) is 15.3. The van der Waals surface area contributed by atoms with E-state index in [4.69, 9.17) is 5.41 Å². The van der Waals surface area contributed by atoms with Gasteiger partial charge < -0.3 is 0 Å². The number of hydrogen-bond acceptors (Lipinski definition) is 3. The van der Waals surface area contributed by atoms with Gasteiger partial charge in [0, 0.05) is 30.5 Å². The molecule has 0 unspecified atom stereocenters. The van der Waals surface area contributed by atoms with E-state index in [-0.39, 0.29) is 29.9 Å². The van der Waals surface area contributed by atoms with Crippen LogP contribution in [0.15, 0.2) is 89.0 Å². The van der Waals surface area contributed by atoms with E-state index < -0.39 is 0 Å². The smallest absolute Gasteiger partial charge is 0.203 e. The number of nitrogens with one attached hydrogen (secondary N) is 1. The lowest BCUT2D eigenvalue weighted by Gasteiger charge is -2.13. The third-order valence-electron chi connectivity index (χ3n) is 5.18. The Morgan fingerprint density at radius 1 is 1.19 bits per heavy atom. The van der Waals surface area contributed by atoms with Gasteiger partial charge in [0.1, 0.15) is 0 Å². The van der Waals surface area contributed by atoms with Crippen LogP contribution in [0, 0.1) is 11.3 Å². The second-order valence-corrected chi connectivity index (χ2v) is 7.94. The minimum atomic E-state index is -0.293. The summed E-state index contributed by atoms with van der Waals surface area (Å²) < 4.78 is 0. The monoisotopic (exact) mass is 431 g/mol. The molecular formula is C28H37N3O. The summed E-state index contributed by atoms with van der Waals surface area (Å²) in [5.41, 5.74) is 4.09. The molecule has 0 heterocycles. The van der Waals surface area contributed by atoms with Crippen molar-refractivity contribution < 1.29 is 4.79 Å². The van der Waals surface area contributed by atoms with Crippen molar-refractivity contribution in [3.05, 3.63) is 84.6 Å². The SMILES string of the molecule is C=C(C)/C(CC[C@H](/C=C/CC(=O)C(=N)/N=C/[C@@H](CC)c1ccccc1)C(=C)C)=N\C=C/C. The Kier molecular flexibility index (Phi) is 12.4. The Bertz CT molecular complexity index is 904. The number of amidine groups is 1. The first-order valence-electron chi connectivity index (χ1n) is 11.2. The van der Waals surface area contributed by atoms with Gasteiger partial charge in [-0.3, -0.25) is 15.2 Å². The summed E-state index contributed by atoms with van der Waals surface area (Å²) in [6.45, 7) is 16.0. The number of hydrogen-bond donors (Lipinski definition) is 1. The molecule has 4 nitrogen and oxygen atoms in total. The zero-order chi connectivity index (χ0) is 23.9.